The van der Waals surface area contributed by atoms with Crippen molar-refractivity contribution in [3.05, 3.63) is 48.0 Å². The van der Waals surface area contributed by atoms with E-state index in [2.05, 4.69) is 22.1 Å². The molecule has 0 aliphatic heterocycles. The molecule has 0 saturated heterocycles. The normalized spacial score (nSPS) is 12.3. The molecule has 3 nitrogen and oxygen atoms in total. The Labute approximate surface area is 122 Å². The van der Waals surface area contributed by atoms with Gasteiger partial charge in [-0.2, -0.15) is 11.8 Å². The van der Waals surface area contributed by atoms with Crippen LogP contribution in [0, 0.1) is 0 Å². The summed E-state index contributed by atoms with van der Waals surface area (Å²) in [5.41, 5.74) is 2.31. The van der Waals surface area contributed by atoms with Crippen LogP contribution in [0.5, 0.6) is 5.75 Å². The maximum Gasteiger partial charge on any atom is 0.118 e. The van der Waals surface area contributed by atoms with Crippen molar-refractivity contribution in [3.8, 4) is 5.75 Å². The van der Waals surface area contributed by atoms with Gasteiger partial charge in [-0.15, -0.1) is 11.6 Å². The van der Waals surface area contributed by atoms with Crippen molar-refractivity contribution in [3.63, 3.8) is 0 Å². The van der Waals surface area contributed by atoms with Gasteiger partial charge in [-0.3, -0.25) is 0 Å². The molecule has 1 heterocycles. The molecule has 1 atom stereocenters. The maximum atomic E-state index is 6.29. The largest absolute Gasteiger partial charge is 0.497 e. The number of hydrogen-bond acceptors (Lipinski definition) is 3. The van der Waals surface area contributed by atoms with Crippen LogP contribution in [0.25, 0.3) is 0 Å². The number of ether oxygens (including phenoxy) is 1. The lowest BCUT2D eigenvalue weighted by molar-refractivity contribution is 0.414. The van der Waals surface area contributed by atoms with E-state index in [0.717, 1.165) is 29.4 Å². The van der Waals surface area contributed by atoms with Gasteiger partial charge in [-0.25, -0.2) is 4.98 Å². The molecule has 2 aromatic rings. The van der Waals surface area contributed by atoms with E-state index in [0.29, 0.717) is 0 Å². The van der Waals surface area contributed by atoms with E-state index >= 15 is 0 Å². The summed E-state index contributed by atoms with van der Waals surface area (Å²) in [6.45, 7) is 0. The zero-order chi connectivity index (χ0) is 13.5. The summed E-state index contributed by atoms with van der Waals surface area (Å²) in [4.78, 5) is 7.12. The van der Waals surface area contributed by atoms with E-state index < -0.39 is 0 Å². The molecule has 2 rings (SSSR count). The first-order valence-electron chi connectivity index (χ1n) is 6.10. The quantitative estimate of drug-likeness (QED) is 0.795. The van der Waals surface area contributed by atoms with Gasteiger partial charge in [-0.1, -0.05) is 12.1 Å². The molecule has 1 N–H and O–H groups in total. The molecular formula is C14H17ClN2OS. The molecule has 0 spiro atoms. The summed E-state index contributed by atoms with van der Waals surface area (Å²) in [6.07, 6.45) is 4.38. The van der Waals surface area contributed by atoms with E-state index in [1.165, 1.54) is 5.56 Å². The third kappa shape index (κ3) is 4.80. The van der Waals surface area contributed by atoms with Crippen LogP contribution < -0.4 is 4.74 Å². The average Bonchev–Trinajstić information content (AvgIpc) is 2.92. The Kier molecular flexibility index (Phi) is 5.61. The van der Waals surface area contributed by atoms with Crippen molar-refractivity contribution in [2.45, 2.75) is 17.6 Å². The summed E-state index contributed by atoms with van der Waals surface area (Å²) in [6, 6.07) is 8.14. The molecular weight excluding hydrogens is 280 g/mol. The zero-order valence-electron chi connectivity index (χ0n) is 10.8. The second kappa shape index (κ2) is 7.46. The van der Waals surface area contributed by atoms with Gasteiger partial charge in [0.2, 0.25) is 0 Å². The lowest BCUT2D eigenvalue weighted by Crippen LogP contribution is -2.07. The van der Waals surface area contributed by atoms with Crippen LogP contribution in [0.4, 0.5) is 0 Å². The highest BCUT2D eigenvalue weighted by atomic mass is 35.5. The van der Waals surface area contributed by atoms with Crippen LogP contribution in [-0.4, -0.2) is 28.2 Å². The number of hydrogen-bond donors (Lipinski definition) is 1. The number of halogens is 1. The Morgan fingerprint density at radius 1 is 1.37 bits per heavy atom. The number of alkyl halides is 1. The zero-order valence-corrected chi connectivity index (χ0v) is 12.4. The molecule has 5 heteroatoms. The highest BCUT2D eigenvalue weighted by Crippen LogP contribution is 2.19. The van der Waals surface area contributed by atoms with E-state index in [9.17, 15) is 0 Å². The van der Waals surface area contributed by atoms with Crippen LogP contribution in [0.1, 0.15) is 11.3 Å². The molecule has 0 radical (unpaired) electrons. The van der Waals surface area contributed by atoms with Gasteiger partial charge in [0.25, 0.3) is 0 Å². The van der Waals surface area contributed by atoms with E-state index in [1.807, 2.05) is 30.1 Å². The molecule has 1 aromatic carbocycles. The topological polar surface area (TPSA) is 37.9 Å². The number of H-pyrrole nitrogens is 1. The van der Waals surface area contributed by atoms with Crippen molar-refractivity contribution in [1.29, 1.82) is 0 Å². The van der Waals surface area contributed by atoms with Gasteiger partial charge in [0, 0.05) is 29.5 Å². The summed E-state index contributed by atoms with van der Waals surface area (Å²) >= 11 is 8.13. The Bertz CT molecular complexity index is 473. The average molecular weight is 297 g/mol. The number of nitrogens with one attached hydrogen (secondary N) is 1. The van der Waals surface area contributed by atoms with Crippen LogP contribution >= 0.6 is 23.4 Å². The van der Waals surface area contributed by atoms with Crippen LogP contribution in [0.3, 0.4) is 0 Å². The lowest BCUT2D eigenvalue weighted by Gasteiger charge is -2.08. The Hall–Kier alpha value is -1.13. The minimum atomic E-state index is 0.117. The first kappa shape index (κ1) is 14.3. The van der Waals surface area contributed by atoms with Crippen molar-refractivity contribution in [2.24, 2.45) is 0 Å². The summed E-state index contributed by atoms with van der Waals surface area (Å²) in [5, 5.41) is 0.117. The van der Waals surface area contributed by atoms with Gasteiger partial charge < -0.3 is 9.72 Å². The number of aromatic amines is 1. The minimum Gasteiger partial charge on any atom is -0.497 e. The SMILES string of the molecule is COc1ccc(CSCC(Cl)Cc2c[nH]cn2)cc1. The third-order valence-electron chi connectivity index (χ3n) is 2.71. The van der Waals surface area contributed by atoms with Crippen molar-refractivity contribution in [2.75, 3.05) is 12.9 Å². The van der Waals surface area contributed by atoms with E-state index in [4.69, 9.17) is 16.3 Å². The van der Waals surface area contributed by atoms with Crippen LogP contribution in [-0.2, 0) is 12.2 Å². The Balaban J connectivity index is 1.70. The molecule has 0 aliphatic carbocycles. The number of benzene rings is 1. The van der Waals surface area contributed by atoms with Gasteiger partial charge in [0.15, 0.2) is 0 Å². The fraction of sp³-hybridized carbons (Fsp3) is 0.357. The highest BCUT2D eigenvalue weighted by molar-refractivity contribution is 7.98. The standard InChI is InChI=1S/C14H17ClN2OS/c1-18-14-4-2-11(3-5-14)8-19-9-12(15)6-13-7-16-10-17-13/h2-5,7,10,12H,6,8-9H2,1H3,(H,16,17). The van der Waals surface area contributed by atoms with Gasteiger partial charge in [0.1, 0.15) is 5.75 Å². The van der Waals surface area contributed by atoms with Crippen molar-refractivity contribution in [1.82, 2.24) is 9.97 Å². The van der Waals surface area contributed by atoms with Crippen molar-refractivity contribution >= 4 is 23.4 Å². The molecule has 0 aliphatic rings. The van der Waals surface area contributed by atoms with Crippen molar-refractivity contribution < 1.29 is 4.74 Å². The summed E-state index contributed by atoms with van der Waals surface area (Å²) < 4.78 is 5.13. The fourth-order valence-corrected chi connectivity index (χ4v) is 3.06. The highest BCUT2D eigenvalue weighted by Gasteiger charge is 2.07. The molecule has 0 amide bonds. The second-order valence-electron chi connectivity index (χ2n) is 4.23. The Morgan fingerprint density at radius 3 is 2.79 bits per heavy atom. The fourth-order valence-electron chi connectivity index (χ4n) is 1.71. The molecule has 19 heavy (non-hydrogen) atoms. The molecule has 0 saturated carbocycles. The molecule has 1 unspecified atom stereocenters. The first-order valence-corrected chi connectivity index (χ1v) is 7.69. The Morgan fingerprint density at radius 2 is 2.16 bits per heavy atom. The smallest absolute Gasteiger partial charge is 0.118 e. The predicted molar refractivity (Wildman–Crippen MR) is 81.1 cm³/mol. The van der Waals surface area contributed by atoms with Crippen LogP contribution in [0.15, 0.2) is 36.8 Å². The van der Waals surface area contributed by atoms with Gasteiger partial charge >= 0.3 is 0 Å². The number of methoxy groups -OCH3 is 1. The minimum absolute atomic E-state index is 0.117. The van der Waals surface area contributed by atoms with E-state index in [-0.39, 0.29) is 5.38 Å². The molecule has 0 bridgehead atoms. The second-order valence-corrected chi connectivity index (χ2v) is 5.87. The lowest BCUT2D eigenvalue weighted by atomic mass is 10.2. The van der Waals surface area contributed by atoms with E-state index in [1.54, 1.807) is 13.4 Å². The number of imidazole rings is 1. The third-order valence-corrected chi connectivity index (χ3v) is 4.38. The monoisotopic (exact) mass is 296 g/mol. The summed E-state index contributed by atoms with van der Waals surface area (Å²) in [7, 11) is 1.68. The molecule has 102 valence electrons. The van der Waals surface area contributed by atoms with Gasteiger partial charge in [0.05, 0.1) is 19.1 Å². The number of rotatable bonds is 7. The maximum absolute atomic E-state index is 6.29. The van der Waals surface area contributed by atoms with Gasteiger partial charge in [-0.05, 0) is 17.7 Å². The summed E-state index contributed by atoms with van der Waals surface area (Å²) in [5.74, 6) is 2.77. The number of nitrogens with zero attached hydrogens (tertiary/aromatic N) is 1. The molecule has 1 aromatic heterocycles. The molecule has 0 fully saturated rings. The first-order chi connectivity index (χ1) is 9.28. The number of thioether (sulfide) groups is 1. The predicted octanol–water partition coefficient (Wildman–Crippen LogP) is 3.50. The van der Waals surface area contributed by atoms with Crippen LogP contribution in [0.2, 0.25) is 0 Å². The number of aromatic nitrogens is 2.